The van der Waals surface area contributed by atoms with Crippen molar-refractivity contribution in [3.05, 3.63) is 59.9 Å². The van der Waals surface area contributed by atoms with Gasteiger partial charge in [0.2, 0.25) is 5.91 Å². The molecule has 34 heavy (non-hydrogen) atoms. The van der Waals surface area contributed by atoms with Crippen molar-refractivity contribution in [1.82, 2.24) is 19.7 Å². The number of nitrogens with zero attached hydrogens (tertiary/aromatic N) is 4. The minimum absolute atomic E-state index is 0.0630. The molecule has 0 spiro atoms. The molecule has 0 saturated carbocycles. The maximum absolute atomic E-state index is 13.5. The van der Waals surface area contributed by atoms with Crippen LogP contribution in [0.5, 0.6) is 5.75 Å². The molecule has 1 saturated heterocycles. The van der Waals surface area contributed by atoms with Crippen molar-refractivity contribution in [3.63, 3.8) is 0 Å². The SMILES string of the molecule is COc1ccc(-c2nnc(SC(C)C(=O)N(C)Cc3cccc(F)c3)n2CC2CCCO2)cc1. The molecule has 180 valence electrons. The van der Waals surface area contributed by atoms with E-state index in [0.29, 0.717) is 18.2 Å². The Labute approximate surface area is 203 Å². The van der Waals surface area contributed by atoms with Gasteiger partial charge in [0.05, 0.1) is 25.0 Å². The van der Waals surface area contributed by atoms with Crippen molar-refractivity contribution >= 4 is 17.7 Å². The smallest absolute Gasteiger partial charge is 0.235 e. The van der Waals surface area contributed by atoms with E-state index in [2.05, 4.69) is 10.2 Å². The number of aromatic nitrogens is 3. The van der Waals surface area contributed by atoms with E-state index < -0.39 is 5.25 Å². The molecule has 1 amide bonds. The summed E-state index contributed by atoms with van der Waals surface area (Å²) in [5.41, 5.74) is 1.66. The zero-order chi connectivity index (χ0) is 24.1. The first-order valence-corrected chi connectivity index (χ1v) is 12.2. The van der Waals surface area contributed by atoms with E-state index >= 15 is 0 Å². The third-order valence-corrected chi connectivity index (χ3v) is 6.86. The summed E-state index contributed by atoms with van der Waals surface area (Å²) in [6.07, 6.45) is 2.11. The average Bonchev–Trinajstić information content (AvgIpc) is 3.49. The van der Waals surface area contributed by atoms with Gasteiger partial charge in [0.25, 0.3) is 0 Å². The number of ether oxygens (including phenoxy) is 2. The van der Waals surface area contributed by atoms with Gasteiger partial charge in [-0.25, -0.2) is 4.39 Å². The minimum atomic E-state index is -0.394. The molecule has 0 radical (unpaired) electrons. The summed E-state index contributed by atoms with van der Waals surface area (Å²) in [7, 11) is 3.36. The molecule has 0 bridgehead atoms. The van der Waals surface area contributed by atoms with E-state index in [0.717, 1.165) is 42.1 Å². The number of methoxy groups -OCH3 is 1. The topological polar surface area (TPSA) is 69.5 Å². The number of hydrogen-bond donors (Lipinski definition) is 0. The molecule has 1 aliphatic rings. The Bertz CT molecular complexity index is 1120. The molecule has 1 aliphatic heterocycles. The highest BCUT2D eigenvalue weighted by atomic mass is 32.2. The Kier molecular flexibility index (Phi) is 7.84. The van der Waals surface area contributed by atoms with Crippen LogP contribution in [0.3, 0.4) is 0 Å². The molecule has 2 atom stereocenters. The lowest BCUT2D eigenvalue weighted by atomic mass is 10.2. The average molecular weight is 485 g/mol. The predicted octanol–water partition coefficient (Wildman–Crippen LogP) is 4.41. The summed E-state index contributed by atoms with van der Waals surface area (Å²) in [6.45, 7) is 3.57. The lowest BCUT2D eigenvalue weighted by Crippen LogP contribution is -2.33. The fourth-order valence-corrected chi connectivity index (χ4v) is 4.97. The summed E-state index contributed by atoms with van der Waals surface area (Å²) in [6, 6.07) is 14.0. The summed E-state index contributed by atoms with van der Waals surface area (Å²) in [5, 5.41) is 9.15. The van der Waals surface area contributed by atoms with Gasteiger partial charge in [-0.15, -0.1) is 10.2 Å². The van der Waals surface area contributed by atoms with E-state index in [9.17, 15) is 9.18 Å². The van der Waals surface area contributed by atoms with Gasteiger partial charge in [-0.05, 0) is 61.7 Å². The van der Waals surface area contributed by atoms with Crippen LogP contribution >= 0.6 is 11.8 Å². The number of hydrogen-bond acceptors (Lipinski definition) is 6. The van der Waals surface area contributed by atoms with Gasteiger partial charge in [-0.2, -0.15) is 0 Å². The predicted molar refractivity (Wildman–Crippen MR) is 129 cm³/mol. The van der Waals surface area contributed by atoms with Crippen molar-refractivity contribution in [1.29, 1.82) is 0 Å². The second-order valence-corrected chi connectivity index (χ2v) is 9.67. The van der Waals surface area contributed by atoms with Crippen LogP contribution in [0.25, 0.3) is 11.4 Å². The molecule has 3 aromatic rings. The van der Waals surface area contributed by atoms with Crippen LogP contribution in [0.4, 0.5) is 4.39 Å². The Morgan fingerprint density at radius 1 is 1.29 bits per heavy atom. The minimum Gasteiger partial charge on any atom is -0.497 e. The quantitative estimate of drug-likeness (QED) is 0.419. The number of benzene rings is 2. The Morgan fingerprint density at radius 2 is 2.09 bits per heavy atom. The molecule has 2 unspecified atom stereocenters. The summed E-state index contributed by atoms with van der Waals surface area (Å²) in [5.74, 6) is 1.12. The zero-order valence-corrected chi connectivity index (χ0v) is 20.4. The molecule has 7 nitrogen and oxygen atoms in total. The van der Waals surface area contributed by atoms with Crippen molar-refractivity contribution in [2.75, 3.05) is 20.8 Å². The van der Waals surface area contributed by atoms with Crippen molar-refractivity contribution in [3.8, 4) is 17.1 Å². The standard InChI is InChI=1S/C25H29FN4O3S/c1-17(24(31)29(2)15-18-6-4-7-20(26)14-18)34-25-28-27-23(19-9-11-21(32-3)12-10-19)30(25)16-22-8-5-13-33-22/h4,6-7,9-12,14,17,22H,5,8,13,15-16H2,1-3H3. The van der Waals surface area contributed by atoms with Crippen LogP contribution < -0.4 is 4.74 Å². The molecule has 1 aromatic heterocycles. The van der Waals surface area contributed by atoms with Gasteiger partial charge < -0.3 is 14.4 Å². The van der Waals surface area contributed by atoms with Gasteiger partial charge >= 0.3 is 0 Å². The maximum atomic E-state index is 13.5. The molecule has 1 fully saturated rings. The summed E-state index contributed by atoms with van der Waals surface area (Å²) in [4.78, 5) is 14.7. The van der Waals surface area contributed by atoms with Crippen molar-refractivity contribution in [2.45, 2.75) is 49.4 Å². The molecule has 4 rings (SSSR count). The zero-order valence-electron chi connectivity index (χ0n) is 19.6. The Balaban J connectivity index is 1.52. The Morgan fingerprint density at radius 3 is 2.76 bits per heavy atom. The van der Waals surface area contributed by atoms with Gasteiger partial charge in [-0.1, -0.05) is 23.9 Å². The van der Waals surface area contributed by atoms with E-state index in [1.807, 2.05) is 41.8 Å². The van der Waals surface area contributed by atoms with Crippen LogP contribution in [-0.4, -0.2) is 57.7 Å². The summed E-state index contributed by atoms with van der Waals surface area (Å²) < 4.78 is 26.7. The van der Waals surface area contributed by atoms with Crippen LogP contribution in [0.2, 0.25) is 0 Å². The highest BCUT2D eigenvalue weighted by molar-refractivity contribution is 8.00. The summed E-state index contributed by atoms with van der Waals surface area (Å²) >= 11 is 1.37. The third kappa shape index (κ3) is 5.77. The highest BCUT2D eigenvalue weighted by Crippen LogP contribution is 2.30. The monoisotopic (exact) mass is 484 g/mol. The van der Waals surface area contributed by atoms with E-state index in [-0.39, 0.29) is 17.8 Å². The normalized spacial score (nSPS) is 16.4. The first-order chi connectivity index (χ1) is 16.4. The second-order valence-electron chi connectivity index (χ2n) is 8.36. The number of amides is 1. The maximum Gasteiger partial charge on any atom is 0.235 e. The third-order valence-electron chi connectivity index (χ3n) is 5.79. The van der Waals surface area contributed by atoms with Crippen LogP contribution in [0, 0.1) is 5.82 Å². The molecule has 2 aromatic carbocycles. The first kappa shape index (κ1) is 24.2. The van der Waals surface area contributed by atoms with Gasteiger partial charge in [-0.3, -0.25) is 9.36 Å². The van der Waals surface area contributed by atoms with Gasteiger partial charge in [0, 0.05) is 25.8 Å². The number of carbonyl (C=O) groups is 1. The molecule has 0 N–H and O–H groups in total. The second kappa shape index (κ2) is 11.0. The van der Waals surface area contributed by atoms with Crippen LogP contribution in [-0.2, 0) is 22.6 Å². The fraction of sp³-hybridized carbons (Fsp3) is 0.400. The molecular formula is C25H29FN4O3S. The lowest BCUT2D eigenvalue weighted by Gasteiger charge is -2.21. The molecule has 2 heterocycles. The van der Waals surface area contributed by atoms with E-state index in [1.54, 1.807) is 25.1 Å². The van der Waals surface area contributed by atoms with E-state index in [1.165, 1.54) is 23.9 Å². The number of rotatable bonds is 9. The molecular weight excluding hydrogens is 455 g/mol. The van der Waals surface area contributed by atoms with E-state index in [4.69, 9.17) is 9.47 Å². The van der Waals surface area contributed by atoms with Crippen molar-refractivity contribution in [2.24, 2.45) is 0 Å². The molecule has 0 aliphatic carbocycles. The number of halogens is 1. The van der Waals surface area contributed by atoms with Crippen LogP contribution in [0.15, 0.2) is 53.7 Å². The fourth-order valence-electron chi connectivity index (χ4n) is 3.99. The Hall–Kier alpha value is -2.91. The number of carbonyl (C=O) groups excluding carboxylic acids is 1. The molecule has 9 heteroatoms. The van der Waals surface area contributed by atoms with Gasteiger partial charge in [0.15, 0.2) is 11.0 Å². The van der Waals surface area contributed by atoms with Crippen molar-refractivity contribution < 1.29 is 18.7 Å². The number of thioether (sulfide) groups is 1. The lowest BCUT2D eigenvalue weighted by molar-refractivity contribution is -0.129. The highest BCUT2D eigenvalue weighted by Gasteiger charge is 2.26. The largest absolute Gasteiger partial charge is 0.497 e. The first-order valence-electron chi connectivity index (χ1n) is 11.3. The van der Waals surface area contributed by atoms with Crippen LogP contribution in [0.1, 0.15) is 25.3 Å². The van der Waals surface area contributed by atoms with Gasteiger partial charge in [0.1, 0.15) is 11.6 Å².